The van der Waals surface area contributed by atoms with Gasteiger partial charge < -0.3 is 4.42 Å². The topological polar surface area (TPSA) is 13.1 Å². The largest absolute Gasteiger partial charge is 0.456 e. The summed E-state index contributed by atoms with van der Waals surface area (Å²) in [4.78, 5) is 0. The number of benzene rings is 9. The Balaban J connectivity index is 1.43. The van der Waals surface area contributed by atoms with Gasteiger partial charge in [-0.25, -0.2) is 0 Å². The second-order valence-electron chi connectivity index (χ2n) is 11.3. The third-order valence-electron chi connectivity index (χ3n) is 8.79. The third-order valence-corrected chi connectivity index (χ3v) is 8.79. The molecule has 218 valence electrons. The lowest BCUT2D eigenvalue weighted by atomic mass is 9.84. The van der Waals surface area contributed by atoms with E-state index in [4.69, 9.17) is 18.1 Å². The molecule has 1 heterocycles. The minimum absolute atomic E-state index is 0.0234. The normalized spacial score (nSPS) is 16.3. The molecule has 0 unspecified atom stereocenters. The number of furan rings is 1. The Hall–Kier alpha value is -6.18. The molecule has 0 aliphatic heterocycles. The molecule has 0 bridgehead atoms. The quantitative estimate of drug-likeness (QED) is 0.181. The summed E-state index contributed by atoms with van der Waals surface area (Å²) < 4.78 is 141. The van der Waals surface area contributed by atoms with Crippen molar-refractivity contribution in [1.29, 1.82) is 0 Å². The standard InChI is InChI=1S/C46H28O/c1-3-17-33-29(12-1)14-10-24-36(33)44-39-21-7-5-19-37(39)43(38-20-6-8-22-40(38)44)32-16-9-15-31(28-32)35-23-11-25-41-46(35)45-34-18-4-2-13-30(34)26-27-42(45)47-41/h1-28H/i1D,3D,5D,6D,7D,8D,10D,12D,14D,17D,19D,20D,21D,22D,24D. The summed E-state index contributed by atoms with van der Waals surface area (Å²) in [5, 5.41) is 1.84. The van der Waals surface area contributed by atoms with E-state index in [0.717, 1.165) is 27.1 Å². The van der Waals surface area contributed by atoms with E-state index in [2.05, 4.69) is 0 Å². The van der Waals surface area contributed by atoms with Gasteiger partial charge in [0.15, 0.2) is 0 Å². The van der Waals surface area contributed by atoms with Crippen molar-refractivity contribution in [2.24, 2.45) is 0 Å². The molecule has 1 aromatic heterocycles. The maximum Gasteiger partial charge on any atom is 0.136 e. The van der Waals surface area contributed by atoms with Gasteiger partial charge in [-0.2, -0.15) is 0 Å². The molecular formula is C46H28O. The monoisotopic (exact) mass is 611 g/mol. The van der Waals surface area contributed by atoms with Crippen LogP contribution >= 0.6 is 0 Å². The smallest absolute Gasteiger partial charge is 0.136 e. The summed E-state index contributed by atoms with van der Waals surface area (Å²) >= 11 is 0. The van der Waals surface area contributed by atoms with Crippen LogP contribution in [0.3, 0.4) is 0 Å². The van der Waals surface area contributed by atoms with E-state index in [9.17, 15) is 6.85 Å². The van der Waals surface area contributed by atoms with Crippen LogP contribution < -0.4 is 0 Å². The van der Waals surface area contributed by atoms with Crippen LogP contribution in [0.4, 0.5) is 0 Å². The zero-order valence-electron chi connectivity index (χ0n) is 39.4. The summed E-state index contributed by atoms with van der Waals surface area (Å²) in [6.07, 6.45) is 0. The Labute approximate surface area is 293 Å². The molecule has 0 saturated heterocycles. The highest BCUT2D eigenvalue weighted by atomic mass is 16.3. The van der Waals surface area contributed by atoms with Crippen molar-refractivity contribution in [3.63, 3.8) is 0 Å². The molecule has 0 saturated carbocycles. The first-order chi connectivity index (χ1) is 29.6. The third kappa shape index (κ3) is 3.90. The van der Waals surface area contributed by atoms with Gasteiger partial charge in [-0.1, -0.05) is 151 Å². The molecule has 0 aliphatic rings. The van der Waals surface area contributed by atoms with Crippen molar-refractivity contribution < 1.29 is 25.0 Å². The number of hydrogen-bond acceptors (Lipinski definition) is 1. The Morgan fingerprint density at radius 1 is 0.383 bits per heavy atom. The fraction of sp³-hybridized carbons (Fsp3) is 0. The first-order valence-corrected chi connectivity index (χ1v) is 15.0. The highest BCUT2D eigenvalue weighted by Crippen LogP contribution is 2.46. The van der Waals surface area contributed by atoms with Gasteiger partial charge in [0, 0.05) is 10.8 Å². The lowest BCUT2D eigenvalue weighted by Crippen LogP contribution is -1.92. The van der Waals surface area contributed by atoms with Gasteiger partial charge in [0.25, 0.3) is 0 Å². The zero-order chi connectivity index (χ0) is 44.0. The fourth-order valence-electron chi connectivity index (χ4n) is 6.83. The summed E-state index contributed by atoms with van der Waals surface area (Å²) in [5.74, 6) is 0. The molecular weight excluding hydrogens is 569 g/mol. The molecule has 0 aliphatic carbocycles. The van der Waals surface area contributed by atoms with Crippen LogP contribution in [-0.2, 0) is 0 Å². The van der Waals surface area contributed by atoms with Crippen molar-refractivity contribution >= 4 is 65.0 Å². The second kappa shape index (κ2) is 10.2. The van der Waals surface area contributed by atoms with Crippen LogP contribution in [0.2, 0.25) is 0 Å². The zero-order valence-corrected chi connectivity index (χ0v) is 24.4. The predicted octanol–water partition coefficient (Wildman–Crippen LogP) is 13.2. The van der Waals surface area contributed by atoms with E-state index < -0.39 is 107 Å². The maximum atomic E-state index is 9.44. The molecule has 0 N–H and O–H groups in total. The van der Waals surface area contributed by atoms with E-state index in [1.165, 1.54) is 0 Å². The van der Waals surface area contributed by atoms with Gasteiger partial charge in [-0.15, -0.1) is 0 Å². The fourth-order valence-corrected chi connectivity index (χ4v) is 6.83. The average molecular weight is 612 g/mol. The molecule has 9 aromatic carbocycles. The van der Waals surface area contributed by atoms with Crippen LogP contribution in [0.5, 0.6) is 0 Å². The van der Waals surface area contributed by atoms with E-state index in [-0.39, 0.29) is 32.7 Å². The summed E-state index contributed by atoms with van der Waals surface area (Å²) in [6, 6.07) is 14.3. The highest BCUT2D eigenvalue weighted by molar-refractivity contribution is 6.25. The van der Waals surface area contributed by atoms with Crippen LogP contribution in [-0.4, -0.2) is 0 Å². The van der Waals surface area contributed by atoms with Gasteiger partial charge in [0.2, 0.25) is 0 Å². The highest BCUT2D eigenvalue weighted by Gasteiger charge is 2.19. The Morgan fingerprint density at radius 3 is 1.83 bits per heavy atom. The van der Waals surface area contributed by atoms with Gasteiger partial charge in [-0.05, 0) is 94.7 Å². The average Bonchev–Trinajstić information content (AvgIpc) is 3.68. The van der Waals surface area contributed by atoms with Gasteiger partial charge in [0.05, 0.1) is 20.6 Å². The van der Waals surface area contributed by atoms with E-state index in [1.807, 2.05) is 60.7 Å². The molecule has 0 spiro atoms. The molecule has 0 atom stereocenters. The SMILES string of the molecule is [2H]c1c([2H])c([2H])c2c(-c3c4c([2H])c([2H])c([2H])c([2H])c4c(-c4cccc(-c5cccc6oc7ccc8ccccc8c7c56)c4)c4c([2H])c([2H])c([2H])c([2H])c34)c([2H])c([2H])c([2H])c2c1[2H]. The van der Waals surface area contributed by atoms with Crippen LogP contribution in [0.15, 0.2) is 174 Å². The maximum absolute atomic E-state index is 9.44. The van der Waals surface area contributed by atoms with E-state index >= 15 is 0 Å². The van der Waals surface area contributed by atoms with Crippen LogP contribution in [0.25, 0.3) is 98.4 Å². The summed E-state index contributed by atoms with van der Waals surface area (Å²) in [5.41, 5.74) is 2.23. The number of fused-ring (bicyclic) bond motifs is 8. The van der Waals surface area contributed by atoms with Crippen molar-refractivity contribution in [1.82, 2.24) is 0 Å². The number of rotatable bonds is 3. The molecule has 0 amide bonds. The van der Waals surface area contributed by atoms with Crippen molar-refractivity contribution in [2.75, 3.05) is 0 Å². The molecule has 0 fully saturated rings. The summed E-state index contributed by atoms with van der Waals surface area (Å²) in [6.45, 7) is 0. The van der Waals surface area contributed by atoms with Crippen molar-refractivity contribution in [3.05, 3.63) is 169 Å². The van der Waals surface area contributed by atoms with Crippen molar-refractivity contribution in [3.8, 4) is 33.4 Å². The first kappa shape index (κ1) is 15.4. The summed E-state index contributed by atoms with van der Waals surface area (Å²) in [7, 11) is 0. The Kier molecular flexibility index (Phi) is 3.33. The first-order valence-electron chi connectivity index (χ1n) is 22.5. The molecule has 10 rings (SSSR count). The molecule has 0 radical (unpaired) electrons. The van der Waals surface area contributed by atoms with Gasteiger partial charge >= 0.3 is 0 Å². The minimum Gasteiger partial charge on any atom is -0.456 e. The lowest BCUT2D eigenvalue weighted by Gasteiger charge is -2.19. The van der Waals surface area contributed by atoms with Crippen LogP contribution in [0.1, 0.15) is 20.6 Å². The predicted molar refractivity (Wildman–Crippen MR) is 200 cm³/mol. The van der Waals surface area contributed by atoms with E-state index in [0.29, 0.717) is 22.3 Å². The Bertz CT molecular complexity index is 3620. The van der Waals surface area contributed by atoms with Crippen molar-refractivity contribution in [2.45, 2.75) is 0 Å². The lowest BCUT2D eigenvalue weighted by molar-refractivity contribution is 0.669. The number of hydrogen-bond donors (Lipinski definition) is 0. The Morgan fingerprint density at radius 2 is 1.02 bits per heavy atom. The van der Waals surface area contributed by atoms with Gasteiger partial charge in [-0.3, -0.25) is 0 Å². The second-order valence-corrected chi connectivity index (χ2v) is 11.3. The molecule has 10 aromatic rings. The minimum atomic E-state index is -0.758. The van der Waals surface area contributed by atoms with E-state index in [1.54, 1.807) is 18.2 Å². The molecule has 1 nitrogen and oxygen atoms in total. The molecule has 47 heavy (non-hydrogen) atoms. The van der Waals surface area contributed by atoms with Crippen LogP contribution in [0, 0.1) is 0 Å². The van der Waals surface area contributed by atoms with Gasteiger partial charge in [0.1, 0.15) is 11.2 Å². The molecule has 1 heteroatoms.